The number of carbonyl (C=O) groups excluding carboxylic acids is 3. The summed E-state index contributed by atoms with van der Waals surface area (Å²) in [6, 6.07) is 11.9. The number of carbonyl (C=O) groups is 4. The van der Waals surface area contributed by atoms with E-state index >= 15 is 0 Å². The second-order valence-corrected chi connectivity index (χ2v) is 7.04. The van der Waals surface area contributed by atoms with E-state index in [2.05, 4.69) is 21.1 Å². The minimum atomic E-state index is -1.14. The average molecular weight is 485 g/mol. The molecule has 2 aromatic carbocycles. The maximum absolute atomic E-state index is 12.6. The van der Waals surface area contributed by atoms with E-state index in [0.717, 1.165) is 0 Å². The van der Waals surface area contributed by atoms with Crippen LogP contribution in [0.1, 0.15) is 35.3 Å². The Bertz CT molecular complexity index is 1070. The molecule has 0 fully saturated rings. The van der Waals surface area contributed by atoms with Crippen LogP contribution in [-0.4, -0.2) is 55.0 Å². The Balaban J connectivity index is 2.06. The Labute approximate surface area is 201 Å². The predicted octanol–water partition coefficient (Wildman–Crippen LogP) is 0.814. The molecule has 0 bridgehead atoms. The van der Waals surface area contributed by atoms with Crippen LogP contribution in [0.5, 0.6) is 5.75 Å². The van der Waals surface area contributed by atoms with Crippen LogP contribution in [0.2, 0.25) is 0 Å². The highest BCUT2D eigenvalue weighted by atomic mass is 16.5. The van der Waals surface area contributed by atoms with Gasteiger partial charge in [0.1, 0.15) is 12.1 Å². The summed E-state index contributed by atoms with van der Waals surface area (Å²) in [5.41, 5.74) is 3.53. The van der Waals surface area contributed by atoms with Gasteiger partial charge in [0.25, 0.3) is 5.91 Å². The lowest BCUT2D eigenvalue weighted by molar-refractivity contribution is -0.144. The number of ether oxygens (including phenoxy) is 2. The third kappa shape index (κ3) is 9.52. The number of rotatable bonds is 13. The number of aliphatic carboxylic acids is 1. The molecule has 1 unspecified atom stereocenters. The van der Waals surface area contributed by atoms with Gasteiger partial charge in [0, 0.05) is 5.56 Å². The number of nitrogens with one attached hydrogen (secondary N) is 3. The van der Waals surface area contributed by atoms with Crippen molar-refractivity contribution in [3.63, 3.8) is 0 Å². The van der Waals surface area contributed by atoms with Crippen molar-refractivity contribution >= 4 is 35.8 Å². The van der Waals surface area contributed by atoms with Crippen LogP contribution >= 0.6 is 0 Å². The molecule has 0 spiro atoms. The molecule has 0 saturated heterocycles. The highest BCUT2D eigenvalue weighted by Crippen LogP contribution is 2.22. The number of benzene rings is 2. The number of carboxylic acid groups (broad SMARTS) is 1. The number of aliphatic imine (C=N–C) groups is 1. The van der Waals surface area contributed by atoms with Crippen molar-refractivity contribution in [2.45, 2.75) is 19.4 Å². The molecule has 35 heavy (non-hydrogen) atoms. The van der Waals surface area contributed by atoms with E-state index in [9.17, 15) is 19.2 Å². The molecule has 2 rings (SSSR count). The zero-order valence-electron chi connectivity index (χ0n) is 19.0. The molecule has 6 N–H and O–H groups in total. The predicted molar refractivity (Wildman–Crippen MR) is 126 cm³/mol. The normalized spacial score (nSPS) is 11.4. The van der Waals surface area contributed by atoms with Crippen molar-refractivity contribution in [3.8, 4) is 5.75 Å². The first-order valence-corrected chi connectivity index (χ1v) is 10.6. The molecule has 0 aliphatic heterocycles. The minimum Gasteiger partial charge on any atom is -0.482 e. The Hall–Kier alpha value is -4.45. The first kappa shape index (κ1) is 26.8. The molecule has 2 amide bonds. The van der Waals surface area contributed by atoms with Crippen molar-refractivity contribution in [3.05, 3.63) is 59.7 Å². The van der Waals surface area contributed by atoms with Gasteiger partial charge in [-0.25, -0.2) is 15.6 Å². The fraction of sp³-hybridized carbons (Fsp3) is 0.261. The summed E-state index contributed by atoms with van der Waals surface area (Å²) in [5, 5.41) is 14.0. The zero-order valence-corrected chi connectivity index (χ0v) is 19.0. The average Bonchev–Trinajstić information content (AvgIpc) is 2.85. The highest BCUT2D eigenvalue weighted by molar-refractivity contribution is 5.97. The summed E-state index contributed by atoms with van der Waals surface area (Å²) in [5.74, 6) is 2.67. The number of hydrogen-bond donors (Lipinski definition) is 5. The van der Waals surface area contributed by atoms with Crippen molar-refractivity contribution in [2.24, 2.45) is 10.8 Å². The maximum atomic E-state index is 12.6. The Morgan fingerprint density at radius 3 is 2.63 bits per heavy atom. The van der Waals surface area contributed by atoms with Crippen molar-refractivity contribution in [1.82, 2.24) is 16.1 Å². The van der Waals surface area contributed by atoms with Crippen LogP contribution < -0.4 is 26.6 Å². The van der Waals surface area contributed by atoms with Gasteiger partial charge >= 0.3 is 11.9 Å². The molecule has 0 radical (unpaired) electrons. The van der Waals surface area contributed by atoms with Gasteiger partial charge in [-0.05, 0) is 42.8 Å². The lowest BCUT2D eigenvalue weighted by Gasteiger charge is -2.19. The van der Waals surface area contributed by atoms with Crippen molar-refractivity contribution in [2.75, 3.05) is 19.8 Å². The molecule has 12 nitrogen and oxygen atoms in total. The van der Waals surface area contributed by atoms with Crippen LogP contribution in [0.25, 0.3) is 0 Å². The molecule has 0 aliphatic carbocycles. The molecular weight excluding hydrogens is 458 g/mol. The van der Waals surface area contributed by atoms with E-state index in [0.29, 0.717) is 11.3 Å². The number of amides is 2. The second kappa shape index (κ2) is 14.0. The van der Waals surface area contributed by atoms with Gasteiger partial charge in [0.15, 0.2) is 6.61 Å². The number of carboxylic acids is 1. The van der Waals surface area contributed by atoms with Crippen LogP contribution in [-0.2, 0) is 19.1 Å². The van der Waals surface area contributed by atoms with Gasteiger partial charge in [-0.3, -0.25) is 14.4 Å². The standard InChI is InChI=1S/C23H27N5O7/c1-2-34-22(32)11-19(15-5-4-8-18(10-15)35-13-21(30)31)28-20(29)12-25-23(33)16-6-3-7-17(9-16)26-14-27-24/h3-10,14,19H,2,11-13,24H2,1H3,(H,25,33)(H,26,27)(H,28,29)(H,30,31). The molecule has 0 aromatic heterocycles. The quantitative estimate of drug-likeness (QED) is 0.0901. The van der Waals surface area contributed by atoms with Gasteiger partial charge in [-0.15, -0.1) is 0 Å². The molecule has 186 valence electrons. The molecule has 0 heterocycles. The number of nitrogens with zero attached hydrogens (tertiary/aromatic N) is 1. The van der Waals surface area contributed by atoms with Crippen LogP contribution in [0, 0.1) is 0 Å². The summed E-state index contributed by atoms with van der Waals surface area (Å²) in [7, 11) is 0. The molecule has 12 heteroatoms. The van der Waals surface area contributed by atoms with Gasteiger partial charge in [-0.2, -0.15) is 0 Å². The Kier molecular flexibility index (Phi) is 10.7. The van der Waals surface area contributed by atoms with Crippen LogP contribution in [0.15, 0.2) is 53.5 Å². The first-order valence-electron chi connectivity index (χ1n) is 10.6. The van der Waals surface area contributed by atoms with E-state index in [4.69, 9.17) is 20.4 Å². The fourth-order valence-corrected chi connectivity index (χ4v) is 2.95. The smallest absolute Gasteiger partial charge is 0.341 e. The monoisotopic (exact) mass is 485 g/mol. The van der Waals surface area contributed by atoms with E-state index in [1.807, 2.05) is 0 Å². The number of hydrogen-bond acceptors (Lipinski definition) is 8. The summed E-state index contributed by atoms with van der Waals surface area (Å²) < 4.78 is 10.2. The van der Waals surface area contributed by atoms with E-state index < -0.39 is 36.4 Å². The fourth-order valence-electron chi connectivity index (χ4n) is 2.95. The molecule has 1 atom stereocenters. The lowest BCUT2D eigenvalue weighted by atomic mass is 10.0. The number of esters is 1. The summed E-state index contributed by atoms with van der Waals surface area (Å²) in [6.45, 7) is 0.931. The SMILES string of the molecule is CCOC(=O)CC(NC(=O)CNC(=O)c1cccc(N=CNN)c1)c1cccc(OCC(=O)O)c1. The van der Waals surface area contributed by atoms with Crippen molar-refractivity contribution < 1.29 is 33.8 Å². The van der Waals surface area contributed by atoms with Gasteiger partial charge in [-0.1, -0.05) is 18.2 Å². The van der Waals surface area contributed by atoms with E-state index in [1.54, 1.807) is 43.3 Å². The minimum absolute atomic E-state index is 0.168. The lowest BCUT2D eigenvalue weighted by Crippen LogP contribution is -2.39. The van der Waals surface area contributed by atoms with Gasteiger partial charge in [0.2, 0.25) is 5.91 Å². The topological polar surface area (TPSA) is 181 Å². The third-order valence-corrected chi connectivity index (χ3v) is 4.44. The highest BCUT2D eigenvalue weighted by Gasteiger charge is 2.20. The van der Waals surface area contributed by atoms with Crippen LogP contribution in [0.4, 0.5) is 5.69 Å². The second-order valence-electron chi connectivity index (χ2n) is 7.04. The van der Waals surface area contributed by atoms with Gasteiger partial charge in [0.05, 0.1) is 31.3 Å². The Morgan fingerprint density at radius 1 is 1.14 bits per heavy atom. The van der Waals surface area contributed by atoms with Gasteiger partial charge < -0.3 is 30.6 Å². The maximum Gasteiger partial charge on any atom is 0.341 e. The summed E-state index contributed by atoms with van der Waals surface area (Å²) >= 11 is 0. The molecular formula is C23H27N5O7. The molecule has 2 aromatic rings. The van der Waals surface area contributed by atoms with Crippen molar-refractivity contribution in [1.29, 1.82) is 0 Å². The van der Waals surface area contributed by atoms with E-state index in [1.165, 1.54) is 18.5 Å². The zero-order chi connectivity index (χ0) is 25.6. The first-order chi connectivity index (χ1) is 16.8. The number of nitrogens with two attached hydrogens (primary N) is 1. The third-order valence-electron chi connectivity index (χ3n) is 4.44. The van der Waals surface area contributed by atoms with E-state index in [-0.39, 0.29) is 30.9 Å². The molecule has 0 saturated carbocycles. The summed E-state index contributed by atoms with van der Waals surface area (Å²) in [6.07, 6.45) is 1.08. The molecule has 0 aliphatic rings. The van der Waals surface area contributed by atoms with Crippen LogP contribution in [0.3, 0.4) is 0 Å². The Morgan fingerprint density at radius 2 is 1.91 bits per heavy atom. The number of hydrazine groups is 1. The largest absolute Gasteiger partial charge is 0.482 e. The summed E-state index contributed by atoms with van der Waals surface area (Å²) in [4.78, 5) is 51.9.